The fourth-order valence-electron chi connectivity index (χ4n) is 3.46. The van der Waals surface area contributed by atoms with E-state index in [1.165, 1.54) is 0 Å². The van der Waals surface area contributed by atoms with Crippen LogP contribution in [0.15, 0.2) is 48.2 Å². The minimum Gasteiger partial charge on any atom is -0.509 e. The van der Waals surface area contributed by atoms with E-state index in [-0.39, 0.29) is 17.7 Å². The third kappa shape index (κ3) is 2.83. The lowest BCUT2D eigenvalue weighted by atomic mass is 9.94. The Morgan fingerprint density at radius 2 is 1.88 bits per heavy atom. The number of aliphatic hydroxyl groups excluding tert-OH is 1. The molecule has 5 heteroatoms. The molecule has 0 spiro atoms. The Balaban J connectivity index is 1.80. The van der Waals surface area contributed by atoms with Crippen LogP contribution < -0.4 is 0 Å². The highest BCUT2D eigenvalue weighted by molar-refractivity contribution is 7.99. The normalized spacial score (nSPS) is 20.2. The number of carbonyl (C=O) groups excluding carboxylic acids is 1. The zero-order valence-corrected chi connectivity index (χ0v) is 15.4. The van der Waals surface area contributed by atoms with Crippen LogP contribution in [0.2, 0.25) is 5.02 Å². The van der Waals surface area contributed by atoms with Gasteiger partial charge in [0.15, 0.2) is 0 Å². The highest BCUT2D eigenvalue weighted by Crippen LogP contribution is 2.38. The van der Waals surface area contributed by atoms with Crippen molar-refractivity contribution in [3.63, 3.8) is 0 Å². The number of rotatable bonds is 2. The van der Waals surface area contributed by atoms with Crippen molar-refractivity contribution in [1.82, 2.24) is 4.90 Å². The monoisotopic (exact) mass is 371 g/mol. The van der Waals surface area contributed by atoms with Gasteiger partial charge in [0.1, 0.15) is 5.76 Å². The molecule has 2 aliphatic heterocycles. The number of carbonyl (C=O) groups is 1. The van der Waals surface area contributed by atoms with Crippen LogP contribution >= 0.6 is 23.4 Å². The van der Waals surface area contributed by atoms with E-state index in [0.29, 0.717) is 17.1 Å². The first-order chi connectivity index (χ1) is 12.1. The van der Waals surface area contributed by atoms with E-state index in [0.717, 1.165) is 33.8 Å². The number of fused-ring (bicyclic) bond motifs is 1. The zero-order valence-electron chi connectivity index (χ0n) is 13.8. The first-order valence-electron chi connectivity index (χ1n) is 8.25. The smallest absolute Gasteiger partial charge is 0.258 e. The Morgan fingerprint density at radius 1 is 1.16 bits per heavy atom. The van der Waals surface area contributed by atoms with Crippen molar-refractivity contribution in [3.05, 3.63) is 64.4 Å². The summed E-state index contributed by atoms with van der Waals surface area (Å²) in [4.78, 5) is 14.7. The molecule has 2 aromatic carbocycles. The van der Waals surface area contributed by atoms with Gasteiger partial charge in [0.2, 0.25) is 0 Å². The van der Waals surface area contributed by atoms with Crippen LogP contribution in [0.1, 0.15) is 11.1 Å². The molecule has 0 radical (unpaired) electrons. The molecule has 128 valence electrons. The molecule has 2 aromatic rings. The summed E-state index contributed by atoms with van der Waals surface area (Å²) in [7, 11) is 0. The van der Waals surface area contributed by atoms with Crippen molar-refractivity contribution in [2.75, 3.05) is 18.1 Å². The molecule has 1 N–H and O–H groups in total. The quantitative estimate of drug-likeness (QED) is 0.842. The number of halogens is 1. The molecule has 2 aliphatic rings. The molecule has 1 saturated heterocycles. The largest absolute Gasteiger partial charge is 0.509 e. The van der Waals surface area contributed by atoms with Gasteiger partial charge in [-0.25, -0.2) is 0 Å². The van der Waals surface area contributed by atoms with Gasteiger partial charge < -0.3 is 10.0 Å². The number of amides is 1. The predicted octanol–water partition coefficient (Wildman–Crippen LogP) is 4.54. The number of aryl methyl sites for hydroxylation is 1. The van der Waals surface area contributed by atoms with E-state index in [4.69, 9.17) is 11.6 Å². The Morgan fingerprint density at radius 3 is 2.60 bits per heavy atom. The summed E-state index contributed by atoms with van der Waals surface area (Å²) >= 11 is 7.75. The number of hydrogen-bond donors (Lipinski definition) is 1. The first-order valence-corrected chi connectivity index (χ1v) is 9.78. The number of aliphatic hydroxyl groups is 1. The predicted molar refractivity (Wildman–Crippen MR) is 104 cm³/mol. The molecule has 1 atom stereocenters. The van der Waals surface area contributed by atoms with Crippen molar-refractivity contribution >= 4 is 34.8 Å². The molecule has 0 aliphatic carbocycles. The van der Waals surface area contributed by atoms with Crippen LogP contribution in [0.5, 0.6) is 0 Å². The first kappa shape index (κ1) is 16.6. The maximum atomic E-state index is 12.9. The van der Waals surface area contributed by atoms with Crippen LogP contribution in [-0.2, 0) is 4.79 Å². The summed E-state index contributed by atoms with van der Waals surface area (Å²) in [6.07, 6.45) is 0. The van der Waals surface area contributed by atoms with E-state index in [1.54, 1.807) is 16.7 Å². The summed E-state index contributed by atoms with van der Waals surface area (Å²) in [5.41, 5.74) is 4.30. The number of benzene rings is 2. The molecule has 25 heavy (non-hydrogen) atoms. The van der Waals surface area contributed by atoms with Crippen molar-refractivity contribution in [2.24, 2.45) is 0 Å². The summed E-state index contributed by atoms with van der Waals surface area (Å²) < 4.78 is 0. The second-order valence-corrected chi connectivity index (χ2v) is 7.97. The molecule has 1 unspecified atom stereocenters. The van der Waals surface area contributed by atoms with Crippen molar-refractivity contribution in [1.29, 1.82) is 0 Å². The average Bonchev–Trinajstić information content (AvgIpc) is 2.88. The minimum atomic E-state index is -0.181. The van der Waals surface area contributed by atoms with Crippen LogP contribution in [0, 0.1) is 6.92 Å². The zero-order chi connectivity index (χ0) is 17.6. The molecule has 3 nitrogen and oxygen atoms in total. The third-order valence-electron chi connectivity index (χ3n) is 4.86. The average molecular weight is 372 g/mol. The Kier molecular flexibility index (Phi) is 4.26. The van der Waals surface area contributed by atoms with Crippen LogP contribution in [0.3, 0.4) is 0 Å². The van der Waals surface area contributed by atoms with Gasteiger partial charge in [-0.05, 0) is 47.4 Å². The number of hydrogen-bond acceptors (Lipinski definition) is 3. The van der Waals surface area contributed by atoms with Gasteiger partial charge in [0.05, 0.1) is 11.6 Å². The summed E-state index contributed by atoms with van der Waals surface area (Å²) in [5.74, 6) is 1.84. The molecule has 2 heterocycles. The van der Waals surface area contributed by atoms with E-state index in [1.807, 2.05) is 49.4 Å². The lowest BCUT2D eigenvalue weighted by Gasteiger charge is -2.29. The van der Waals surface area contributed by atoms with Gasteiger partial charge in [-0.15, -0.1) is 0 Å². The molecule has 1 amide bonds. The molecular formula is C20H18ClNO2S. The number of nitrogens with zero attached hydrogens (tertiary/aromatic N) is 1. The van der Waals surface area contributed by atoms with Crippen LogP contribution in [0.4, 0.5) is 0 Å². The lowest BCUT2D eigenvalue weighted by Crippen LogP contribution is -2.42. The van der Waals surface area contributed by atoms with Gasteiger partial charge in [-0.3, -0.25) is 4.79 Å². The molecule has 0 aromatic heterocycles. The van der Waals surface area contributed by atoms with Gasteiger partial charge in [-0.1, -0.05) is 35.9 Å². The lowest BCUT2D eigenvalue weighted by molar-refractivity contribution is -0.124. The van der Waals surface area contributed by atoms with Gasteiger partial charge in [-0.2, -0.15) is 11.8 Å². The molecular weight excluding hydrogens is 354 g/mol. The SMILES string of the molecule is Cc1ccc(-c2ccc(Cl)cc2)cc1C1=C(O)C2CSCCN2C1=O. The molecule has 0 bridgehead atoms. The standard InChI is InChI=1S/C20H18ClNO2S/c1-12-2-3-14(13-4-6-15(21)7-5-13)10-16(12)18-19(23)17-11-25-9-8-22(17)20(18)24/h2-7,10,17,23H,8-9,11H2,1H3. The Hall–Kier alpha value is -1.91. The highest BCUT2D eigenvalue weighted by atomic mass is 35.5. The molecule has 0 saturated carbocycles. The Bertz CT molecular complexity index is 876. The van der Waals surface area contributed by atoms with Crippen molar-refractivity contribution in [3.8, 4) is 11.1 Å². The van der Waals surface area contributed by atoms with Gasteiger partial charge >= 0.3 is 0 Å². The maximum absolute atomic E-state index is 12.9. The summed E-state index contributed by atoms with van der Waals surface area (Å²) in [6.45, 7) is 2.66. The molecule has 1 fully saturated rings. The second kappa shape index (κ2) is 6.43. The van der Waals surface area contributed by atoms with Crippen LogP contribution in [0.25, 0.3) is 16.7 Å². The topological polar surface area (TPSA) is 40.5 Å². The van der Waals surface area contributed by atoms with E-state index < -0.39 is 0 Å². The van der Waals surface area contributed by atoms with Crippen molar-refractivity contribution < 1.29 is 9.90 Å². The Labute approximate surface area is 156 Å². The highest BCUT2D eigenvalue weighted by Gasteiger charge is 2.41. The molecule has 4 rings (SSSR count). The van der Waals surface area contributed by atoms with Crippen molar-refractivity contribution in [2.45, 2.75) is 13.0 Å². The third-order valence-corrected chi connectivity index (χ3v) is 6.13. The second-order valence-electron chi connectivity index (χ2n) is 6.39. The van der Waals surface area contributed by atoms with Gasteiger partial charge in [0, 0.05) is 23.1 Å². The fourth-order valence-corrected chi connectivity index (χ4v) is 4.64. The summed E-state index contributed by atoms with van der Waals surface area (Å²) in [5, 5.41) is 11.4. The summed E-state index contributed by atoms with van der Waals surface area (Å²) in [6, 6.07) is 13.5. The number of thioether (sulfide) groups is 1. The maximum Gasteiger partial charge on any atom is 0.258 e. The fraction of sp³-hybridized carbons (Fsp3) is 0.250. The van der Waals surface area contributed by atoms with E-state index >= 15 is 0 Å². The van der Waals surface area contributed by atoms with E-state index in [2.05, 4.69) is 0 Å². The minimum absolute atomic E-state index is 0.0563. The van der Waals surface area contributed by atoms with Crippen LogP contribution in [-0.4, -0.2) is 40.0 Å². The van der Waals surface area contributed by atoms with E-state index in [9.17, 15) is 9.90 Å². The van der Waals surface area contributed by atoms with Gasteiger partial charge in [0.25, 0.3) is 5.91 Å².